The number of phenolic OH excluding ortho intramolecular Hbond substituents is 1. The number of hydrogen-bond donors (Lipinski definition) is 1. The Hall–Kier alpha value is -2.50. The molecule has 6 heteroatoms. The van der Waals surface area contributed by atoms with Gasteiger partial charge in [-0.05, 0) is 6.07 Å². The third-order valence-corrected chi connectivity index (χ3v) is 5.29. The van der Waals surface area contributed by atoms with Crippen LogP contribution in [0.25, 0.3) is 0 Å². The molecule has 1 N–H and O–H groups in total. The number of Topliss-reactive ketones (excluding diaryl/α,β-unsaturated/α-hetero) is 2. The first-order chi connectivity index (χ1) is 10.7. The molecular formula is C21H32O6. The van der Waals surface area contributed by atoms with Crippen LogP contribution in [-0.4, -0.2) is 28.6 Å². The molecule has 3 rings (SSSR count). The summed E-state index contributed by atoms with van der Waals surface area (Å²) in [5.41, 5.74) is -1.33. The second kappa shape index (κ2) is 8.46. The van der Waals surface area contributed by atoms with Crippen LogP contribution in [-0.2, 0) is 14.3 Å². The zero-order valence-electron chi connectivity index (χ0n) is 13.0. The number of esters is 2. The Kier molecular flexibility index (Phi) is 8.37. The Bertz CT molecular complexity index is 766. The number of hydrogen-bond acceptors (Lipinski definition) is 6. The predicted octanol–water partition coefficient (Wildman–Crippen LogP) is 4.29. The maximum Gasteiger partial charge on any atom is 0.318 e. The lowest BCUT2D eigenvalue weighted by Crippen LogP contribution is -2.51. The molecule has 0 spiro atoms. The monoisotopic (exact) mass is 380 g/mol. The van der Waals surface area contributed by atoms with E-state index in [0.717, 1.165) is 0 Å². The zero-order chi connectivity index (χ0) is 17.1. The van der Waals surface area contributed by atoms with E-state index in [4.69, 9.17) is 0 Å². The normalized spacial score (nSPS) is 28.6. The molecule has 4 unspecified atom stereocenters. The van der Waals surface area contributed by atoms with Gasteiger partial charge in [0.15, 0.2) is 11.6 Å². The Balaban J connectivity index is 0. The van der Waals surface area contributed by atoms with Crippen LogP contribution in [0, 0.1) is 23.2 Å². The van der Waals surface area contributed by atoms with Gasteiger partial charge in [0.1, 0.15) is 5.75 Å². The summed E-state index contributed by atoms with van der Waals surface area (Å²) in [6, 6.07) is 4.26. The molecule has 1 saturated heterocycles. The fraction of sp³-hybridized carbons (Fsp3) is 0.524. The van der Waals surface area contributed by atoms with Crippen molar-refractivity contribution in [1.82, 2.24) is 0 Å². The van der Waals surface area contributed by atoms with Gasteiger partial charge in [-0.25, -0.2) is 0 Å². The summed E-state index contributed by atoms with van der Waals surface area (Å²) in [6.07, 6.45) is 0. The predicted molar refractivity (Wildman–Crippen MR) is 105 cm³/mol. The summed E-state index contributed by atoms with van der Waals surface area (Å²) in [6.45, 7) is 4.58. The van der Waals surface area contributed by atoms with Gasteiger partial charge >= 0.3 is 11.9 Å². The number of aromatic hydroxyl groups is 1. The van der Waals surface area contributed by atoms with Crippen molar-refractivity contribution < 1.29 is 29.0 Å². The molecule has 0 saturated carbocycles. The minimum absolute atomic E-state index is 0. The minimum Gasteiger partial charge on any atom is -0.507 e. The molecule has 1 aliphatic carbocycles. The van der Waals surface area contributed by atoms with Crippen molar-refractivity contribution in [2.75, 3.05) is 0 Å². The molecule has 1 heterocycles. The van der Waals surface area contributed by atoms with Gasteiger partial charge in [-0.1, -0.05) is 62.6 Å². The van der Waals surface area contributed by atoms with Crippen molar-refractivity contribution in [3.8, 4) is 5.75 Å². The van der Waals surface area contributed by atoms with Crippen LogP contribution < -0.4 is 0 Å². The zero-order valence-corrected chi connectivity index (χ0v) is 13.0. The number of ether oxygens (including phenoxy) is 1. The molecule has 2 aliphatic rings. The van der Waals surface area contributed by atoms with Crippen LogP contribution in [0.4, 0.5) is 0 Å². The maximum atomic E-state index is 13.0. The van der Waals surface area contributed by atoms with Gasteiger partial charge in [-0.3, -0.25) is 19.2 Å². The molecule has 0 radical (unpaired) electrons. The summed E-state index contributed by atoms with van der Waals surface area (Å²) in [7, 11) is 0. The van der Waals surface area contributed by atoms with Gasteiger partial charge in [0.2, 0.25) is 0 Å². The van der Waals surface area contributed by atoms with E-state index in [0.29, 0.717) is 0 Å². The summed E-state index contributed by atoms with van der Waals surface area (Å²) >= 11 is 0. The van der Waals surface area contributed by atoms with E-state index in [-0.39, 0.29) is 46.6 Å². The van der Waals surface area contributed by atoms with Crippen LogP contribution in [0.1, 0.15) is 71.2 Å². The molecule has 4 atom stereocenters. The lowest BCUT2D eigenvalue weighted by atomic mass is 9.56. The average Bonchev–Trinajstić information content (AvgIpc) is 2.76. The van der Waals surface area contributed by atoms with E-state index in [1.54, 1.807) is 6.92 Å². The first-order valence-corrected chi connectivity index (χ1v) is 7.37. The first kappa shape index (κ1) is 26.7. The van der Waals surface area contributed by atoms with E-state index in [1.807, 2.05) is 0 Å². The molecule has 1 fully saturated rings. The summed E-state index contributed by atoms with van der Waals surface area (Å²) in [4.78, 5) is 49.6. The van der Waals surface area contributed by atoms with Gasteiger partial charge in [-0.15, -0.1) is 0 Å². The number of carbonyl (C=O) groups excluding carboxylic acids is 4. The Labute approximate surface area is 161 Å². The van der Waals surface area contributed by atoms with Crippen molar-refractivity contribution >= 4 is 23.5 Å². The second-order valence-electron chi connectivity index (χ2n) is 6.40. The van der Waals surface area contributed by atoms with E-state index in [2.05, 4.69) is 4.74 Å². The topological polar surface area (TPSA) is 97.7 Å². The van der Waals surface area contributed by atoms with Crippen LogP contribution in [0.15, 0.2) is 18.2 Å². The first-order valence-electron chi connectivity index (χ1n) is 7.37. The standard InChI is InChI=1S/C17H16O6.4CH4/c1-7-12(16(22)23-15(7)21)17(3)8(2)13(19)11-9(14(17)20)5-4-6-10(11)18;;;;/h4-8,12,18H,1-3H3;4*1H4. The number of fused-ring (bicyclic) bond motifs is 1. The van der Waals surface area contributed by atoms with Gasteiger partial charge in [-0.2, -0.15) is 0 Å². The smallest absolute Gasteiger partial charge is 0.318 e. The SMILES string of the molecule is C.C.C.C.CC1C(=O)OC(=O)C1C1(C)C(=O)c2cccc(O)c2C(=O)C1C. The van der Waals surface area contributed by atoms with Crippen LogP contribution in [0.3, 0.4) is 0 Å². The van der Waals surface area contributed by atoms with Crippen LogP contribution in [0.5, 0.6) is 5.75 Å². The van der Waals surface area contributed by atoms with Gasteiger partial charge in [0.25, 0.3) is 0 Å². The van der Waals surface area contributed by atoms with Crippen molar-refractivity contribution in [1.29, 1.82) is 0 Å². The largest absolute Gasteiger partial charge is 0.507 e. The van der Waals surface area contributed by atoms with Gasteiger partial charge < -0.3 is 9.84 Å². The Morgan fingerprint density at radius 1 is 0.963 bits per heavy atom. The second-order valence-corrected chi connectivity index (χ2v) is 6.40. The molecule has 0 aromatic heterocycles. The highest BCUT2D eigenvalue weighted by Gasteiger charge is 2.61. The maximum absolute atomic E-state index is 13.0. The Morgan fingerprint density at radius 2 is 1.52 bits per heavy atom. The quantitative estimate of drug-likeness (QED) is 0.576. The van der Waals surface area contributed by atoms with Crippen LogP contribution in [0.2, 0.25) is 0 Å². The van der Waals surface area contributed by atoms with Crippen molar-refractivity contribution in [3.05, 3.63) is 29.3 Å². The molecule has 0 amide bonds. The molecule has 27 heavy (non-hydrogen) atoms. The number of ketones is 2. The number of cyclic esters (lactones) is 2. The van der Waals surface area contributed by atoms with Crippen molar-refractivity contribution in [3.63, 3.8) is 0 Å². The highest BCUT2D eigenvalue weighted by atomic mass is 16.6. The number of rotatable bonds is 1. The van der Waals surface area contributed by atoms with Gasteiger partial charge in [0, 0.05) is 11.5 Å². The molecule has 6 nitrogen and oxygen atoms in total. The lowest BCUT2D eigenvalue weighted by molar-refractivity contribution is -0.154. The number of carbonyl (C=O) groups is 4. The summed E-state index contributed by atoms with van der Waals surface area (Å²) < 4.78 is 4.66. The summed E-state index contributed by atoms with van der Waals surface area (Å²) in [5.74, 6) is -5.24. The molecular weight excluding hydrogens is 348 g/mol. The molecule has 0 bridgehead atoms. The van der Waals surface area contributed by atoms with Crippen LogP contribution >= 0.6 is 0 Å². The van der Waals surface area contributed by atoms with Gasteiger partial charge in [0.05, 0.1) is 22.8 Å². The number of phenols is 1. The molecule has 1 aromatic rings. The number of benzene rings is 1. The van der Waals surface area contributed by atoms with E-state index >= 15 is 0 Å². The van der Waals surface area contributed by atoms with E-state index in [1.165, 1.54) is 32.0 Å². The molecule has 1 aromatic carbocycles. The molecule has 1 aliphatic heterocycles. The average molecular weight is 380 g/mol. The fourth-order valence-electron chi connectivity index (χ4n) is 3.73. The van der Waals surface area contributed by atoms with Crippen molar-refractivity contribution in [2.24, 2.45) is 23.2 Å². The fourth-order valence-corrected chi connectivity index (χ4v) is 3.73. The highest BCUT2D eigenvalue weighted by Crippen LogP contribution is 2.51. The van der Waals surface area contributed by atoms with Crippen molar-refractivity contribution in [2.45, 2.75) is 50.5 Å². The lowest BCUT2D eigenvalue weighted by Gasteiger charge is -2.41. The summed E-state index contributed by atoms with van der Waals surface area (Å²) in [5, 5.41) is 9.93. The van der Waals surface area contributed by atoms with E-state index < -0.39 is 46.7 Å². The Morgan fingerprint density at radius 3 is 2.00 bits per heavy atom. The minimum atomic E-state index is -1.39. The molecule has 152 valence electrons. The highest BCUT2D eigenvalue weighted by molar-refractivity contribution is 6.20. The third-order valence-electron chi connectivity index (χ3n) is 5.29. The van der Waals surface area contributed by atoms with E-state index in [9.17, 15) is 24.3 Å². The third kappa shape index (κ3) is 3.29.